The molecule has 4 aromatic rings. The van der Waals surface area contributed by atoms with Crippen molar-refractivity contribution in [1.82, 2.24) is 25.4 Å². The molecular formula is C23H22N6OS3. The minimum Gasteiger partial charge on any atom is -0.272 e. The van der Waals surface area contributed by atoms with Gasteiger partial charge in [0, 0.05) is 11.3 Å². The van der Waals surface area contributed by atoms with E-state index in [1.54, 1.807) is 18.0 Å². The van der Waals surface area contributed by atoms with Crippen molar-refractivity contribution in [3.8, 4) is 5.69 Å². The summed E-state index contributed by atoms with van der Waals surface area (Å²) in [4.78, 5) is 12.2. The van der Waals surface area contributed by atoms with E-state index in [1.807, 2.05) is 67.1 Å². The van der Waals surface area contributed by atoms with Gasteiger partial charge in [-0.05, 0) is 31.5 Å². The zero-order chi connectivity index (χ0) is 23.0. The second-order valence-corrected chi connectivity index (χ2v) is 10.4. The van der Waals surface area contributed by atoms with Gasteiger partial charge in [-0.2, -0.15) is 10.2 Å². The quantitative estimate of drug-likeness (QED) is 0.203. The minimum atomic E-state index is -0.198. The van der Waals surface area contributed by atoms with Gasteiger partial charge in [0.1, 0.15) is 0 Å². The van der Waals surface area contributed by atoms with E-state index in [2.05, 4.69) is 38.0 Å². The van der Waals surface area contributed by atoms with Crippen LogP contribution in [0.15, 0.2) is 74.4 Å². The van der Waals surface area contributed by atoms with E-state index >= 15 is 0 Å². The molecule has 1 N–H and O–H groups in total. The Hall–Kier alpha value is -2.95. The third-order valence-corrected chi connectivity index (χ3v) is 7.91. The predicted octanol–water partition coefficient (Wildman–Crippen LogP) is 4.88. The first kappa shape index (κ1) is 23.2. The number of aromatic nitrogens is 4. The van der Waals surface area contributed by atoms with Crippen molar-refractivity contribution in [2.24, 2.45) is 5.10 Å². The van der Waals surface area contributed by atoms with Gasteiger partial charge in [-0.15, -0.1) is 10.2 Å². The van der Waals surface area contributed by atoms with Gasteiger partial charge in [0.2, 0.25) is 0 Å². The van der Waals surface area contributed by atoms with Gasteiger partial charge in [0.05, 0.1) is 29.0 Å². The Morgan fingerprint density at radius 1 is 1.03 bits per heavy atom. The van der Waals surface area contributed by atoms with Crippen molar-refractivity contribution in [1.29, 1.82) is 0 Å². The van der Waals surface area contributed by atoms with E-state index < -0.39 is 0 Å². The number of nitrogens with zero attached hydrogens (tertiary/aromatic N) is 5. The number of para-hydroxylation sites is 1. The lowest BCUT2D eigenvalue weighted by molar-refractivity contribution is -0.118. The molecule has 2 aromatic heterocycles. The SMILES string of the molecule is Cc1nn(-c2ccccc2)c(C)c1/C=N\NC(=O)CSc1nnc(SCc2ccccc2)s1. The number of amides is 1. The molecule has 0 atom stereocenters. The van der Waals surface area contributed by atoms with Crippen LogP contribution >= 0.6 is 34.9 Å². The zero-order valence-electron chi connectivity index (χ0n) is 18.1. The van der Waals surface area contributed by atoms with Gasteiger partial charge in [0.15, 0.2) is 8.68 Å². The predicted molar refractivity (Wildman–Crippen MR) is 135 cm³/mol. The number of hydrazone groups is 1. The van der Waals surface area contributed by atoms with E-state index in [0.717, 1.165) is 37.1 Å². The van der Waals surface area contributed by atoms with Crippen molar-refractivity contribution in [3.63, 3.8) is 0 Å². The smallest absolute Gasteiger partial charge is 0.250 e. The van der Waals surface area contributed by atoms with Gasteiger partial charge in [0.25, 0.3) is 5.91 Å². The van der Waals surface area contributed by atoms with Crippen LogP contribution < -0.4 is 5.43 Å². The van der Waals surface area contributed by atoms with Crippen LogP contribution in [0.2, 0.25) is 0 Å². The molecule has 0 radical (unpaired) electrons. The standard InChI is InChI=1S/C23H22N6OS3/c1-16-20(17(2)29(28-16)19-11-7-4-8-12-19)13-24-25-21(30)15-32-23-27-26-22(33-23)31-14-18-9-5-3-6-10-18/h3-13H,14-15H2,1-2H3,(H,25,30)/b24-13-. The number of hydrogen-bond donors (Lipinski definition) is 1. The third kappa shape index (κ3) is 6.31. The number of aryl methyl sites for hydroxylation is 1. The molecular weight excluding hydrogens is 472 g/mol. The molecule has 33 heavy (non-hydrogen) atoms. The number of hydrogen-bond acceptors (Lipinski definition) is 8. The first-order chi connectivity index (χ1) is 16.1. The Balaban J connectivity index is 1.26. The fraction of sp³-hybridized carbons (Fsp3) is 0.174. The molecule has 0 bridgehead atoms. The summed E-state index contributed by atoms with van der Waals surface area (Å²) in [5.41, 5.74) is 7.49. The van der Waals surface area contributed by atoms with Crippen molar-refractivity contribution in [2.75, 3.05) is 5.75 Å². The number of benzene rings is 2. The molecule has 0 saturated carbocycles. The average Bonchev–Trinajstić information content (AvgIpc) is 3.42. The highest BCUT2D eigenvalue weighted by Gasteiger charge is 2.12. The molecule has 0 spiro atoms. The van der Waals surface area contributed by atoms with Crippen molar-refractivity contribution >= 4 is 47.0 Å². The fourth-order valence-electron chi connectivity index (χ4n) is 3.02. The Morgan fingerprint density at radius 2 is 1.70 bits per heavy atom. The third-order valence-electron chi connectivity index (χ3n) is 4.65. The number of nitrogens with one attached hydrogen (secondary N) is 1. The van der Waals surface area contributed by atoms with Crippen LogP contribution in [0, 0.1) is 13.8 Å². The highest BCUT2D eigenvalue weighted by molar-refractivity contribution is 8.03. The monoisotopic (exact) mass is 494 g/mol. The highest BCUT2D eigenvalue weighted by atomic mass is 32.2. The lowest BCUT2D eigenvalue weighted by Crippen LogP contribution is -2.19. The molecule has 2 aromatic carbocycles. The summed E-state index contributed by atoms with van der Waals surface area (Å²) < 4.78 is 3.53. The molecule has 1 amide bonds. The van der Waals surface area contributed by atoms with E-state index in [9.17, 15) is 4.79 Å². The van der Waals surface area contributed by atoms with E-state index in [-0.39, 0.29) is 11.7 Å². The van der Waals surface area contributed by atoms with Crippen molar-refractivity contribution in [2.45, 2.75) is 28.3 Å². The Morgan fingerprint density at radius 3 is 2.42 bits per heavy atom. The maximum absolute atomic E-state index is 12.2. The number of carbonyl (C=O) groups excluding carboxylic acids is 1. The van der Waals surface area contributed by atoms with E-state index in [0.29, 0.717) is 0 Å². The van der Waals surface area contributed by atoms with Crippen LogP contribution in [-0.2, 0) is 10.5 Å². The van der Waals surface area contributed by atoms with Crippen LogP contribution in [0.5, 0.6) is 0 Å². The lowest BCUT2D eigenvalue weighted by Gasteiger charge is -2.03. The number of carbonyl (C=O) groups is 1. The van der Waals surface area contributed by atoms with E-state index in [1.165, 1.54) is 28.7 Å². The molecule has 0 fully saturated rings. The second-order valence-electron chi connectivity index (χ2n) is 7.02. The second kappa shape index (κ2) is 11.3. The fourth-order valence-corrected chi connectivity index (χ4v) is 5.79. The molecule has 2 heterocycles. The summed E-state index contributed by atoms with van der Waals surface area (Å²) >= 11 is 4.49. The number of thioether (sulfide) groups is 2. The first-order valence-electron chi connectivity index (χ1n) is 10.2. The van der Waals surface area contributed by atoms with Crippen LogP contribution in [-0.4, -0.2) is 37.9 Å². The molecule has 168 valence electrons. The summed E-state index contributed by atoms with van der Waals surface area (Å²) in [6.45, 7) is 3.91. The Bertz CT molecular complexity index is 1240. The molecule has 7 nitrogen and oxygen atoms in total. The molecule has 0 aliphatic carbocycles. The van der Waals surface area contributed by atoms with Gasteiger partial charge >= 0.3 is 0 Å². The molecule has 0 aliphatic rings. The normalized spacial score (nSPS) is 11.2. The molecule has 0 unspecified atom stereocenters. The largest absolute Gasteiger partial charge is 0.272 e. The topological polar surface area (TPSA) is 85.1 Å². The van der Waals surface area contributed by atoms with Crippen LogP contribution in [0.1, 0.15) is 22.5 Å². The van der Waals surface area contributed by atoms with Gasteiger partial charge in [-0.3, -0.25) is 4.79 Å². The minimum absolute atomic E-state index is 0.198. The number of rotatable bonds is 9. The van der Waals surface area contributed by atoms with Gasteiger partial charge in [-0.25, -0.2) is 10.1 Å². The van der Waals surface area contributed by atoms with Crippen LogP contribution in [0.4, 0.5) is 0 Å². The summed E-state index contributed by atoms with van der Waals surface area (Å²) in [6, 6.07) is 20.1. The van der Waals surface area contributed by atoms with Gasteiger partial charge < -0.3 is 0 Å². The highest BCUT2D eigenvalue weighted by Crippen LogP contribution is 2.30. The summed E-state index contributed by atoms with van der Waals surface area (Å²) in [7, 11) is 0. The van der Waals surface area contributed by atoms with Gasteiger partial charge in [-0.1, -0.05) is 83.4 Å². The molecule has 4 rings (SSSR count). The first-order valence-corrected chi connectivity index (χ1v) is 13.0. The van der Waals surface area contributed by atoms with Crippen LogP contribution in [0.25, 0.3) is 5.69 Å². The maximum Gasteiger partial charge on any atom is 0.250 e. The average molecular weight is 495 g/mol. The lowest BCUT2D eigenvalue weighted by atomic mass is 10.2. The Labute approximate surface area is 204 Å². The maximum atomic E-state index is 12.2. The van der Waals surface area contributed by atoms with Crippen molar-refractivity contribution in [3.05, 3.63) is 83.2 Å². The summed E-state index contributed by atoms with van der Waals surface area (Å²) in [5, 5.41) is 17.1. The molecule has 0 saturated heterocycles. The van der Waals surface area contributed by atoms with Crippen LogP contribution in [0.3, 0.4) is 0 Å². The summed E-state index contributed by atoms with van der Waals surface area (Å²) in [5.74, 6) is 0.863. The van der Waals surface area contributed by atoms with Crippen molar-refractivity contribution < 1.29 is 4.79 Å². The zero-order valence-corrected chi connectivity index (χ0v) is 20.6. The molecule has 0 aliphatic heterocycles. The van der Waals surface area contributed by atoms with E-state index in [4.69, 9.17) is 0 Å². The summed E-state index contributed by atoms with van der Waals surface area (Å²) in [6.07, 6.45) is 1.64. The molecule has 10 heteroatoms. The Kier molecular flexibility index (Phi) is 7.92.